The van der Waals surface area contributed by atoms with Gasteiger partial charge in [0.2, 0.25) is 0 Å². The average molecular weight is 226 g/mol. The van der Waals surface area contributed by atoms with E-state index in [2.05, 4.69) is 10.2 Å². The third-order valence-electron chi connectivity index (χ3n) is 2.24. The van der Waals surface area contributed by atoms with Crippen LogP contribution >= 0.6 is 0 Å². The number of aliphatic hydroxyl groups excluding tert-OH is 2. The van der Waals surface area contributed by atoms with Crippen LogP contribution in [0.1, 0.15) is 0 Å². The molecule has 2 aromatic heterocycles. The number of nitrogens with two attached hydrogens (primary N) is 1. The van der Waals surface area contributed by atoms with E-state index in [0.29, 0.717) is 24.4 Å². The molecule has 0 amide bonds. The first-order chi connectivity index (χ1) is 7.77. The fraction of sp³-hybridized carbons (Fsp3) is 0.500. The minimum absolute atomic E-state index is 0.0277. The number of hydrogen-bond donors (Lipinski definition) is 3. The van der Waals surface area contributed by atoms with E-state index in [9.17, 15) is 0 Å². The Balaban J connectivity index is 2.38. The van der Waals surface area contributed by atoms with Crippen LogP contribution in [-0.4, -0.2) is 56.0 Å². The second kappa shape index (κ2) is 4.37. The van der Waals surface area contributed by atoms with Gasteiger partial charge in [-0.3, -0.25) is 5.01 Å². The maximum Gasteiger partial charge on any atom is 0.199 e. The second-order valence-corrected chi connectivity index (χ2v) is 3.29. The Bertz CT molecular complexity index is 458. The first-order valence-corrected chi connectivity index (χ1v) is 4.91. The van der Waals surface area contributed by atoms with Crippen molar-refractivity contribution in [2.24, 2.45) is 0 Å². The molecule has 0 atom stereocenters. The van der Waals surface area contributed by atoms with E-state index in [1.165, 1.54) is 21.8 Å². The Morgan fingerprint density at radius 1 is 1.25 bits per heavy atom. The minimum atomic E-state index is -0.0277. The molecule has 0 aliphatic rings. The lowest BCUT2D eigenvalue weighted by Crippen LogP contribution is -2.40. The summed E-state index contributed by atoms with van der Waals surface area (Å²) in [7, 11) is 0. The van der Waals surface area contributed by atoms with Crippen LogP contribution in [0.15, 0.2) is 12.5 Å². The molecule has 0 aliphatic heterocycles. The average Bonchev–Trinajstić information content (AvgIpc) is 2.82. The van der Waals surface area contributed by atoms with Gasteiger partial charge < -0.3 is 15.9 Å². The van der Waals surface area contributed by atoms with Gasteiger partial charge in [-0.25, -0.2) is 0 Å². The molecule has 4 N–H and O–H groups in total. The van der Waals surface area contributed by atoms with Crippen molar-refractivity contribution < 1.29 is 10.2 Å². The van der Waals surface area contributed by atoms with E-state index in [4.69, 9.17) is 15.9 Å². The summed E-state index contributed by atoms with van der Waals surface area (Å²) >= 11 is 0. The van der Waals surface area contributed by atoms with Crippen LogP contribution in [0.3, 0.4) is 0 Å². The van der Waals surface area contributed by atoms with Crippen LogP contribution < -0.4 is 10.7 Å². The van der Waals surface area contributed by atoms with Crippen molar-refractivity contribution in [2.75, 3.05) is 37.0 Å². The highest BCUT2D eigenvalue weighted by molar-refractivity contribution is 5.63. The molecule has 2 rings (SSSR count). The monoisotopic (exact) mass is 226 g/mol. The molecular formula is C8H14N6O2. The number of nitrogen functional groups attached to an aromatic ring is 1. The Hall–Kier alpha value is -1.80. The highest BCUT2D eigenvalue weighted by Gasteiger charge is 2.13. The number of hydrogen-bond acceptors (Lipinski definition) is 6. The van der Waals surface area contributed by atoms with Gasteiger partial charge in [-0.2, -0.15) is 14.4 Å². The highest BCUT2D eigenvalue weighted by Crippen LogP contribution is 2.11. The van der Waals surface area contributed by atoms with Crippen LogP contribution in [0.5, 0.6) is 0 Å². The van der Waals surface area contributed by atoms with Gasteiger partial charge in [0.05, 0.1) is 38.2 Å². The summed E-state index contributed by atoms with van der Waals surface area (Å²) in [5.74, 6) is 0. The molecular weight excluding hydrogens is 212 g/mol. The SMILES string of the molecule is Nc1cnn2cnn(N(CCO)CCO)c12. The van der Waals surface area contributed by atoms with E-state index >= 15 is 0 Å². The number of fused-ring (bicyclic) bond motifs is 1. The lowest BCUT2D eigenvalue weighted by atomic mass is 10.5. The molecule has 2 aromatic rings. The van der Waals surface area contributed by atoms with Gasteiger partial charge in [-0.05, 0) is 0 Å². The maximum atomic E-state index is 8.94. The number of aromatic nitrogens is 4. The van der Waals surface area contributed by atoms with Gasteiger partial charge in [0.15, 0.2) is 5.65 Å². The molecule has 0 bridgehead atoms. The largest absolute Gasteiger partial charge is 0.394 e. The van der Waals surface area contributed by atoms with Crippen molar-refractivity contribution >= 4 is 11.3 Å². The normalized spacial score (nSPS) is 11.1. The molecule has 0 spiro atoms. The lowest BCUT2D eigenvalue weighted by Gasteiger charge is -2.22. The van der Waals surface area contributed by atoms with Gasteiger partial charge in [-0.15, -0.1) is 5.10 Å². The fourth-order valence-electron chi connectivity index (χ4n) is 1.55. The Kier molecular flexibility index (Phi) is 2.93. The van der Waals surface area contributed by atoms with Crippen molar-refractivity contribution in [1.82, 2.24) is 19.5 Å². The van der Waals surface area contributed by atoms with Crippen molar-refractivity contribution in [3.63, 3.8) is 0 Å². The van der Waals surface area contributed by atoms with E-state index in [1.807, 2.05) is 0 Å². The Labute approximate surface area is 91.5 Å². The standard InChI is InChI=1S/C8H14N6O2/c9-7-5-10-13-6-11-14(8(7)13)12(1-3-15)2-4-16/h5-6,15-16H,1-4,9H2. The van der Waals surface area contributed by atoms with E-state index in [-0.39, 0.29) is 13.2 Å². The summed E-state index contributed by atoms with van der Waals surface area (Å²) in [6, 6.07) is 0. The third kappa shape index (κ3) is 1.68. The molecule has 0 saturated carbocycles. The zero-order valence-corrected chi connectivity index (χ0v) is 8.69. The molecule has 0 saturated heterocycles. The van der Waals surface area contributed by atoms with Crippen molar-refractivity contribution in [1.29, 1.82) is 0 Å². The molecule has 0 radical (unpaired) electrons. The summed E-state index contributed by atoms with van der Waals surface area (Å²) in [5, 5.41) is 27.7. The van der Waals surface area contributed by atoms with Gasteiger partial charge in [0.25, 0.3) is 0 Å². The fourth-order valence-corrected chi connectivity index (χ4v) is 1.55. The van der Waals surface area contributed by atoms with Gasteiger partial charge in [-0.1, -0.05) is 0 Å². The zero-order valence-electron chi connectivity index (χ0n) is 8.69. The maximum absolute atomic E-state index is 8.94. The molecule has 8 heteroatoms. The molecule has 0 unspecified atom stereocenters. The van der Waals surface area contributed by atoms with Crippen LogP contribution in [0, 0.1) is 0 Å². The van der Waals surface area contributed by atoms with Crippen LogP contribution in [0.2, 0.25) is 0 Å². The smallest absolute Gasteiger partial charge is 0.199 e. The predicted molar refractivity (Wildman–Crippen MR) is 57.5 cm³/mol. The van der Waals surface area contributed by atoms with Crippen molar-refractivity contribution in [3.8, 4) is 0 Å². The molecule has 88 valence electrons. The molecule has 0 aliphatic carbocycles. The lowest BCUT2D eigenvalue weighted by molar-refractivity contribution is 0.262. The number of anilines is 1. The zero-order chi connectivity index (χ0) is 11.5. The summed E-state index contributed by atoms with van der Waals surface area (Å²) < 4.78 is 1.54. The van der Waals surface area contributed by atoms with E-state index < -0.39 is 0 Å². The summed E-state index contributed by atoms with van der Waals surface area (Å²) in [6.07, 6.45) is 3.05. The highest BCUT2D eigenvalue weighted by atomic mass is 16.3. The Morgan fingerprint density at radius 2 is 1.94 bits per heavy atom. The van der Waals surface area contributed by atoms with E-state index in [1.54, 1.807) is 5.01 Å². The van der Waals surface area contributed by atoms with Crippen LogP contribution in [0.25, 0.3) is 5.65 Å². The molecule has 0 fully saturated rings. The van der Waals surface area contributed by atoms with Crippen molar-refractivity contribution in [3.05, 3.63) is 12.5 Å². The minimum Gasteiger partial charge on any atom is -0.394 e. The first kappa shape index (κ1) is 10.7. The topological polar surface area (TPSA) is 105 Å². The van der Waals surface area contributed by atoms with Gasteiger partial charge in [0.1, 0.15) is 6.33 Å². The number of nitrogens with zero attached hydrogens (tertiary/aromatic N) is 5. The molecule has 0 aromatic carbocycles. The second-order valence-electron chi connectivity index (χ2n) is 3.29. The van der Waals surface area contributed by atoms with Gasteiger partial charge >= 0.3 is 0 Å². The first-order valence-electron chi connectivity index (χ1n) is 4.91. The predicted octanol–water partition coefficient (Wildman–Crippen LogP) is -1.96. The van der Waals surface area contributed by atoms with Crippen LogP contribution in [0.4, 0.5) is 5.69 Å². The van der Waals surface area contributed by atoms with Crippen molar-refractivity contribution in [2.45, 2.75) is 0 Å². The molecule has 16 heavy (non-hydrogen) atoms. The summed E-state index contributed by atoms with van der Waals surface area (Å²) in [6.45, 7) is 0.672. The Morgan fingerprint density at radius 3 is 2.56 bits per heavy atom. The quantitative estimate of drug-likeness (QED) is 0.546. The summed E-state index contributed by atoms with van der Waals surface area (Å²) in [5.41, 5.74) is 6.88. The van der Waals surface area contributed by atoms with E-state index in [0.717, 1.165) is 0 Å². The third-order valence-corrected chi connectivity index (χ3v) is 2.24. The number of aliphatic hydroxyl groups is 2. The van der Waals surface area contributed by atoms with Gasteiger partial charge in [0, 0.05) is 0 Å². The molecule has 2 heterocycles. The van der Waals surface area contributed by atoms with Crippen LogP contribution in [-0.2, 0) is 0 Å². The summed E-state index contributed by atoms with van der Waals surface area (Å²) in [4.78, 5) is 1.54. The number of rotatable bonds is 5. The molecule has 8 nitrogen and oxygen atoms in total.